The van der Waals surface area contributed by atoms with Gasteiger partial charge in [-0.15, -0.1) is 0 Å². The van der Waals surface area contributed by atoms with Crippen LogP contribution < -0.4 is 5.69 Å². The standard InChI is InChI=1S/C10H11N3O3/c1-5-3-6(8(15)4-7(5)14)9-11-12-10(16)13(9)2/h3-4,14-15H,1-2H3,(H,12,16). The molecule has 1 heterocycles. The summed E-state index contributed by atoms with van der Waals surface area (Å²) in [5, 5.41) is 25.1. The molecule has 0 unspecified atom stereocenters. The lowest BCUT2D eigenvalue weighted by Gasteiger charge is -2.06. The Morgan fingerprint density at radius 1 is 1.31 bits per heavy atom. The van der Waals surface area contributed by atoms with Crippen molar-refractivity contribution < 1.29 is 10.2 Å². The monoisotopic (exact) mass is 221 g/mol. The molecular weight excluding hydrogens is 210 g/mol. The molecule has 1 aromatic carbocycles. The van der Waals surface area contributed by atoms with Crippen LogP contribution in [0.1, 0.15) is 5.56 Å². The quantitative estimate of drug-likeness (QED) is 0.653. The lowest BCUT2D eigenvalue weighted by Crippen LogP contribution is -2.13. The van der Waals surface area contributed by atoms with Gasteiger partial charge in [0.05, 0.1) is 5.56 Å². The molecule has 6 nitrogen and oxygen atoms in total. The van der Waals surface area contributed by atoms with Crippen LogP contribution in [-0.4, -0.2) is 25.0 Å². The van der Waals surface area contributed by atoms with Crippen LogP contribution in [0, 0.1) is 6.92 Å². The average Bonchev–Trinajstić information content (AvgIpc) is 2.54. The molecular formula is C10H11N3O3. The number of nitrogens with zero attached hydrogens (tertiary/aromatic N) is 2. The second kappa shape index (κ2) is 3.41. The summed E-state index contributed by atoms with van der Waals surface area (Å²) in [6, 6.07) is 2.80. The highest BCUT2D eigenvalue weighted by Gasteiger charge is 2.13. The maximum atomic E-state index is 11.2. The number of aromatic hydroxyl groups is 2. The molecule has 6 heteroatoms. The molecule has 1 aromatic heterocycles. The number of aromatic amines is 1. The van der Waals surface area contributed by atoms with Crippen LogP contribution in [-0.2, 0) is 7.05 Å². The van der Waals surface area contributed by atoms with Crippen LogP contribution in [0.5, 0.6) is 11.5 Å². The van der Waals surface area contributed by atoms with E-state index < -0.39 is 0 Å². The number of benzene rings is 1. The molecule has 2 aromatic rings. The SMILES string of the molecule is Cc1cc(-c2n[nH]c(=O)n2C)c(O)cc1O. The third-order valence-corrected chi connectivity index (χ3v) is 2.43. The van der Waals surface area contributed by atoms with Gasteiger partial charge in [0.1, 0.15) is 11.5 Å². The van der Waals surface area contributed by atoms with Gasteiger partial charge < -0.3 is 10.2 Å². The molecule has 84 valence electrons. The summed E-state index contributed by atoms with van der Waals surface area (Å²) in [7, 11) is 1.54. The Balaban J connectivity index is 2.69. The third-order valence-electron chi connectivity index (χ3n) is 2.43. The summed E-state index contributed by atoms with van der Waals surface area (Å²) < 4.78 is 1.28. The number of aryl methyl sites for hydroxylation is 1. The van der Waals surface area contributed by atoms with Crippen molar-refractivity contribution >= 4 is 0 Å². The van der Waals surface area contributed by atoms with Gasteiger partial charge in [0.25, 0.3) is 0 Å². The second-order valence-corrected chi connectivity index (χ2v) is 3.57. The molecule has 0 aliphatic carbocycles. The highest BCUT2D eigenvalue weighted by Crippen LogP contribution is 2.32. The maximum absolute atomic E-state index is 11.2. The number of phenols is 2. The number of H-pyrrole nitrogens is 1. The van der Waals surface area contributed by atoms with Gasteiger partial charge in [-0.1, -0.05) is 0 Å². The summed E-state index contributed by atoms with van der Waals surface area (Å²) in [5.74, 6) is 0.206. The third kappa shape index (κ3) is 1.44. The van der Waals surface area contributed by atoms with E-state index in [0.717, 1.165) is 0 Å². The van der Waals surface area contributed by atoms with Gasteiger partial charge >= 0.3 is 5.69 Å². The molecule has 16 heavy (non-hydrogen) atoms. The average molecular weight is 221 g/mol. The van der Waals surface area contributed by atoms with Crippen molar-refractivity contribution in [2.45, 2.75) is 6.92 Å². The van der Waals surface area contributed by atoms with Crippen molar-refractivity contribution in [2.24, 2.45) is 7.05 Å². The van der Waals surface area contributed by atoms with Crippen molar-refractivity contribution in [3.05, 3.63) is 28.2 Å². The van der Waals surface area contributed by atoms with Crippen molar-refractivity contribution in [3.8, 4) is 22.9 Å². The van der Waals surface area contributed by atoms with Gasteiger partial charge in [-0.05, 0) is 18.6 Å². The fourth-order valence-corrected chi connectivity index (χ4v) is 1.45. The normalized spacial score (nSPS) is 10.6. The molecule has 0 bridgehead atoms. The van der Waals surface area contributed by atoms with Crippen LogP contribution in [0.3, 0.4) is 0 Å². The highest BCUT2D eigenvalue weighted by molar-refractivity contribution is 5.66. The molecule has 0 saturated heterocycles. The molecule has 0 fully saturated rings. The highest BCUT2D eigenvalue weighted by atomic mass is 16.3. The number of rotatable bonds is 1. The lowest BCUT2D eigenvalue weighted by atomic mass is 10.1. The fourth-order valence-electron chi connectivity index (χ4n) is 1.45. The summed E-state index contributed by atoms with van der Waals surface area (Å²) in [6.45, 7) is 1.70. The molecule has 0 radical (unpaired) electrons. The van der Waals surface area contributed by atoms with E-state index in [1.54, 1.807) is 20.0 Å². The molecule has 0 atom stereocenters. The van der Waals surface area contributed by atoms with E-state index in [9.17, 15) is 15.0 Å². The van der Waals surface area contributed by atoms with Gasteiger partial charge in [0.15, 0.2) is 5.82 Å². The minimum Gasteiger partial charge on any atom is -0.508 e. The van der Waals surface area contributed by atoms with Crippen LogP contribution >= 0.6 is 0 Å². The molecule has 3 N–H and O–H groups in total. The summed E-state index contributed by atoms with van der Waals surface area (Å²) in [6.07, 6.45) is 0. The van der Waals surface area contributed by atoms with Crippen molar-refractivity contribution in [1.82, 2.24) is 14.8 Å². The predicted octanol–water partition coefficient (Wildman–Crippen LogP) is 0.495. The molecule has 0 aliphatic rings. The Kier molecular flexibility index (Phi) is 2.19. The zero-order chi connectivity index (χ0) is 11.9. The van der Waals surface area contributed by atoms with E-state index in [4.69, 9.17) is 0 Å². The van der Waals surface area contributed by atoms with Gasteiger partial charge in [-0.3, -0.25) is 4.57 Å². The first-order valence-corrected chi connectivity index (χ1v) is 4.65. The van der Waals surface area contributed by atoms with Gasteiger partial charge in [-0.2, -0.15) is 5.10 Å². The molecule has 2 rings (SSSR count). The number of hydrogen-bond donors (Lipinski definition) is 3. The Morgan fingerprint density at radius 3 is 2.56 bits per heavy atom. The number of phenolic OH excluding ortho intramolecular Hbond substituents is 2. The van der Waals surface area contributed by atoms with Crippen LogP contribution in [0.4, 0.5) is 0 Å². The Labute approximate surface area is 90.8 Å². The van der Waals surface area contributed by atoms with E-state index in [2.05, 4.69) is 10.2 Å². The van der Waals surface area contributed by atoms with Crippen LogP contribution in [0.15, 0.2) is 16.9 Å². The van der Waals surface area contributed by atoms with Gasteiger partial charge in [-0.25, -0.2) is 9.89 Å². The molecule has 0 saturated carbocycles. The minimum atomic E-state index is -0.361. The van der Waals surface area contributed by atoms with E-state index in [1.165, 1.54) is 10.6 Å². The van der Waals surface area contributed by atoms with Crippen LogP contribution in [0.2, 0.25) is 0 Å². The van der Waals surface area contributed by atoms with E-state index in [1.807, 2.05) is 0 Å². The smallest absolute Gasteiger partial charge is 0.343 e. The van der Waals surface area contributed by atoms with E-state index in [0.29, 0.717) is 17.0 Å². The first-order chi connectivity index (χ1) is 7.50. The van der Waals surface area contributed by atoms with Crippen LogP contribution in [0.25, 0.3) is 11.4 Å². The Morgan fingerprint density at radius 2 is 2.00 bits per heavy atom. The number of nitrogens with one attached hydrogen (secondary N) is 1. The Hall–Kier alpha value is -2.24. The van der Waals surface area contributed by atoms with E-state index >= 15 is 0 Å². The minimum absolute atomic E-state index is 0.00165. The van der Waals surface area contributed by atoms with Gasteiger partial charge in [0, 0.05) is 13.1 Å². The maximum Gasteiger partial charge on any atom is 0.343 e. The summed E-state index contributed by atoms with van der Waals surface area (Å²) >= 11 is 0. The van der Waals surface area contributed by atoms with Crippen molar-refractivity contribution in [3.63, 3.8) is 0 Å². The topological polar surface area (TPSA) is 91.1 Å². The summed E-state index contributed by atoms with van der Waals surface area (Å²) in [4.78, 5) is 11.2. The van der Waals surface area contributed by atoms with Crippen molar-refractivity contribution in [2.75, 3.05) is 0 Å². The molecule has 0 aliphatic heterocycles. The summed E-state index contributed by atoms with van der Waals surface area (Å²) in [5.41, 5.74) is 0.638. The first-order valence-electron chi connectivity index (χ1n) is 4.65. The van der Waals surface area contributed by atoms with Gasteiger partial charge in [0.2, 0.25) is 0 Å². The number of hydrogen-bond acceptors (Lipinski definition) is 4. The van der Waals surface area contributed by atoms with E-state index in [-0.39, 0.29) is 17.2 Å². The zero-order valence-electron chi connectivity index (χ0n) is 8.85. The number of aromatic nitrogens is 3. The second-order valence-electron chi connectivity index (χ2n) is 3.57. The lowest BCUT2D eigenvalue weighted by molar-refractivity contribution is 0.448. The Bertz CT molecular complexity index is 598. The molecule has 0 amide bonds. The predicted molar refractivity (Wildman–Crippen MR) is 57.3 cm³/mol. The fraction of sp³-hybridized carbons (Fsp3) is 0.200. The van der Waals surface area contributed by atoms with Crippen molar-refractivity contribution in [1.29, 1.82) is 0 Å². The first kappa shape index (κ1) is 10.3. The largest absolute Gasteiger partial charge is 0.508 e. The zero-order valence-corrected chi connectivity index (χ0v) is 8.85. The molecule has 0 spiro atoms.